The first-order chi connectivity index (χ1) is 16.0. The van der Waals surface area contributed by atoms with Crippen molar-refractivity contribution in [2.45, 2.75) is 5.16 Å². The molecule has 2 aromatic heterocycles. The van der Waals surface area contributed by atoms with E-state index in [2.05, 4.69) is 37.4 Å². The molecule has 2 amide bonds. The number of carbonyl (C=O) groups is 2. The SMILES string of the molecule is CN1CCN(c2ccc(NC(=O)c3ccc(NC(=O)CSc4nccn4C)cc3)cn2)CC1. The monoisotopic (exact) mass is 465 g/mol. The molecule has 3 heterocycles. The van der Waals surface area contributed by atoms with Crippen LogP contribution in [-0.4, -0.2) is 70.2 Å². The number of pyridine rings is 1. The maximum absolute atomic E-state index is 12.6. The normalized spacial score (nSPS) is 14.2. The predicted molar refractivity (Wildman–Crippen MR) is 131 cm³/mol. The van der Waals surface area contributed by atoms with Crippen molar-refractivity contribution in [2.75, 3.05) is 54.5 Å². The third-order valence-electron chi connectivity index (χ3n) is 5.37. The van der Waals surface area contributed by atoms with Crippen LogP contribution in [-0.2, 0) is 11.8 Å². The highest BCUT2D eigenvalue weighted by Gasteiger charge is 2.15. The van der Waals surface area contributed by atoms with Gasteiger partial charge in [-0.3, -0.25) is 9.59 Å². The van der Waals surface area contributed by atoms with Gasteiger partial charge in [-0.25, -0.2) is 9.97 Å². The highest BCUT2D eigenvalue weighted by atomic mass is 32.2. The van der Waals surface area contributed by atoms with Crippen LogP contribution in [0.2, 0.25) is 0 Å². The first-order valence-corrected chi connectivity index (χ1v) is 11.7. The molecule has 1 saturated heterocycles. The van der Waals surface area contributed by atoms with Crippen LogP contribution in [0.1, 0.15) is 10.4 Å². The minimum Gasteiger partial charge on any atom is -0.354 e. The van der Waals surface area contributed by atoms with E-state index in [9.17, 15) is 9.59 Å². The first kappa shape index (κ1) is 22.8. The van der Waals surface area contributed by atoms with Gasteiger partial charge in [0.25, 0.3) is 5.91 Å². The Morgan fingerprint density at radius 1 is 0.939 bits per heavy atom. The number of hydrogen-bond acceptors (Lipinski definition) is 7. The second-order valence-electron chi connectivity index (χ2n) is 7.88. The highest BCUT2D eigenvalue weighted by Crippen LogP contribution is 2.18. The lowest BCUT2D eigenvalue weighted by Crippen LogP contribution is -2.44. The molecule has 1 aliphatic heterocycles. The largest absolute Gasteiger partial charge is 0.354 e. The Morgan fingerprint density at radius 2 is 1.67 bits per heavy atom. The quantitative estimate of drug-likeness (QED) is 0.518. The lowest BCUT2D eigenvalue weighted by atomic mass is 10.2. The molecular formula is C23H27N7O2S. The molecule has 1 aliphatic rings. The van der Waals surface area contributed by atoms with Crippen LogP contribution in [0.4, 0.5) is 17.2 Å². The van der Waals surface area contributed by atoms with E-state index in [0.717, 1.165) is 37.2 Å². The maximum Gasteiger partial charge on any atom is 0.255 e. The lowest BCUT2D eigenvalue weighted by molar-refractivity contribution is -0.113. The van der Waals surface area contributed by atoms with E-state index in [-0.39, 0.29) is 17.6 Å². The van der Waals surface area contributed by atoms with Gasteiger partial charge in [0, 0.05) is 56.9 Å². The van der Waals surface area contributed by atoms with Crippen LogP contribution in [0, 0.1) is 0 Å². The van der Waals surface area contributed by atoms with Crippen molar-refractivity contribution in [1.82, 2.24) is 19.4 Å². The summed E-state index contributed by atoms with van der Waals surface area (Å²) in [5.74, 6) is 0.811. The van der Waals surface area contributed by atoms with Gasteiger partial charge in [-0.15, -0.1) is 0 Å². The van der Waals surface area contributed by atoms with Gasteiger partial charge < -0.3 is 25.0 Å². The van der Waals surface area contributed by atoms with Gasteiger partial charge >= 0.3 is 0 Å². The first-order valence-electron chi connectivity index (χ1n) is 10.7. The number of imidazole rings is 1. The molecule has 0 unspecified atom stereocenters. The summed E-state index contributed by atoms with van der Waals surface area (Å²) < 4.78 is 1.86. The van der Waals surface area contributed by atoms with Crippen LogP contribution < -0.4 is 15.5 Å². The average Bonchev–Trinajstić information content (AvgIpc) is 3.24. The average molecular weight is 466 g/mol. The number of benzene rings is 1. The zero-order chi connectivity index (χ0) is 23.2. The van der Waals surface area contributed by atoms with Crippen LogP contribution in [0.25, 0.3) is 0 Å². The Balaban J connectivity index is 1.27. The second-order valence-corrected chi connectivity index (χ2v) is 8.83. The Bertz CT molecular complexity index is 1090. The third-order valence-corrected chi connectivity index (χ3v) is 6.43. The van der Waals surface area contributed by atoms with Gasteiger partial charge in [0.05, 0.1) is 17.6 Å². The molecular weight excluding hydrogens is 438 g/mol. The van der Waals surface area contributed by atoms with Crippen molar-refractivity contribution in [3.05, 3.63) is 60.6 Å². The van der Waals surface area contributed by atoms with E-state index in [1.165, 1.54) is 11.8 Å². The van der Waals surface area contributed by atoms with Gasteiger partial charge in [0.1, 0.15) is 5.82 Å². The summed E-state index contributed by atoms with van der Waals surface area (Å²) in [6, 6.07) is 10.6. The number of aromatic nitrogens is 3. The predicted octanol–water partition coefficient (Wildman–Crippen LogP) is 2.55. The lowest BCUT2D eigenvalue weighted by Gasteiger charge is -2.33. The van der Waals surface area contributed by atoms with E-state index in [1.54, 1.807) is 36.7 Å². The molecule has 3 aromatic rings. The molecule has 0 spiro atoms. The summed E-state index contributed by atoms with van der Waals surface area (Å²) in [7, 11) is 4.00. The van der Waals surface area contributed by atoms with Crippen molar-refractivity contribution in [1.29, 1.82) is 0 Å². The fourth-order valence-electron chi connectivity index (χ4n) is 3.41. The highest BCUT2D eigenvalue weighted by molar-refractivity contribution is 7.99. The number of carbonyl (C=O) groups excluding carboxylic acids is 2. The van der Waals surface area contributed by atoms with Gasteiger partial charge in [0.15, 0.2) is 5.16 Å². The van der Waals surface area contributed by atoms with Crippen molar-refractivity contribution in [3.8, 4) is 0 Å². The number of amides is 2. The summed E-state index contributed by atoms with van der Waals surface area (Å²) in [5, 5.41) is 6.48. The van der Waals surface area contributed by atoms with E-state index in [0.29, 0.717) is 16.9 Å². The standard InChI is InChI=1S/C23H27N7O2S/c1-28-11-13-30(14-12-28)20-8-7-19(15-25-20)27-22(32)17-3-5-18(6-4-17)26-21(31)16-33-23-24-9-10-29(23)2/h3-10,15H,11-14,16H2,1-2H3,(H,26,31)(H,27,32). The van der Waals surface area contributed by atoms with Gasteiger partial charge in [0.2, 0.25) is 5.91 Å². The van der Waals surface area contributed by atoms with Crippen molar-refractivity contribution < 1.29 is 9.59 Å². The van der Waals surface area contributed by atoms with E-state index < -0.39 is 0 Å². The molecule has 0 saturated carbocycles. The number of thioether (sulfide) groups is 1. The van der Waals surface area contributed by atoms with Crippen molar-refractivity contribution in [3.63, 3.8) is 0 Å². The molecule has 2 N–H and O–H groups in total. The second kappa shape index (κ2) is 10.5. The minimum absolute atomic E-state index is 0.133. The molecule has 1 fully saturated rings. The number of anilines is 3. The van der Waals surface area contributed by atoms with Crippen molar-refractivity contribution in [2.24, 2.45) is 7.05 Å². The zero-order valence-electron chi connectivity index (χ0n) is 18.7. The minimum atomic E-state index is -0.229. The molecule has 1 aromatic carbocycles. The zero-order valence-corrected chi connectivity index (χ0v) is 19.5. The van der Waals surface area contributed by atoms with Gasteiger partial charge in [-0.05, 0) is 43.4 Å². The van der Waals surface area contributed by atoms with Gasteiger partial charge in [-0.1, -0.05) is 11.8 Å². The summed E-state index contributed by atoms with van der Waals surface area (Å²) >= 11 is 1.37. The topological polar surface area (TPSA) is 95.4 Å². The van der Waals surface area contributed by atoms with E-state index in [4.69, 9.17) is 0 Å². The summed E-state index contributed by atoms with van der Waals surface area (Å²) in [6.45, 7) is 3.92. The Morgan fingerprint density at radius 3 is 2.30 bits per heavy atom. The summed E-state index contributed by atoms with van der Waals surface area (Å²) in [6.07, 6.45) is 5.21. The summed E-state index contributed by atoms with van der Waals surface area (Å²) in [4.78, 5) is 38.0. The van der Waals surface area contributed by atoms with Crippen LogP contribution in [0.15, 0.2) is 60.1 Å². The van der Waals surface area contributed by atoms with E-state index in [1.807, 2.05) is 29.9 Å². The molecule has 0 radical (unpaired) electrons. The van der Waals surface area contributed by atoms with Crippen molar-refractivity contribution >= 4 is 40.8 Å². The van der Waals surface area contributed by atoms with E-state index >= 15 is 0 Å². The third kappa shape index (κ3) is 6.11. The number of piperazine rings is 1. The maximum atomic E-state index is 12.6. The molecule has 9 nitrogen and oxygen atoms in total. The molecule has 10 heteroatoms. The summed E-state index contributed by atoms with van der Waals surface area (Å²) in [5.41, 5.74) is 1.77. The number of aryl methyl sites for hydroxylation is 1. The Labute approximate surface area is 197 Å². The smallest absolute Gasteiger partial charge is 0.255 e. The van der Waals surface area contributed by atoms with Gasteiger partial charge in [-0.2, -0.15) is 0 Å². The molecule has 0 atom stereocenters. The number of nitrogens with zero attached hydrogens (tertiary/aromatic N) is 5. The fraction of sp³-hybridized carbons (Fsp3) is 0.304. The van der Waals surface area contributed by atoms with Crippen LogP contribution in [0.3, 0.4) is 0 Å². The number of nitrogens with one attached hydrogen (secondary N) is 2. The number of hydrogen-bond donors (Lipinski definition) is 2. The molecule has 0 aliphatic carbocycles. The molecule has 0 bridgehead atoms. The fourth-order valence-corrected chi connectivity index (χ4v) is 4.14. The number of likely N-dealkylation sites (N-methyl/N-ethyl adjacent to an activating group) is 1. The number of rotatable bonds is 7. The molecule has 33 heavy (non-hydrogen) atoms. The Kier molecular flexibility index (Phi) is 7.26. The van der Waals surface area contributed by atoms with Crippen LogP contribution in [0.5, 0.6) is 0 Å². The van der Waals surface area contributed by atoms with Crippen LogP contribution >= 0.6 is 11.8 Å². The Hall–Kier alpha value is -3.37. The molecule has 172 valence electrons. The molecule has 4 rings (SSSR count).